The Balaban J connectivity index is 2.40. The second-order valence-electron chi connectivity index (χ2n) is 4.68. The van der Waals surface area contributed by atoms with Crippen molar-refractivity contribution in [3.8, 4) is 0 Å². The summed E-state index contributed by atoms with van der Waals surface area (Å²) in [6.07, 6.45) is 2.52. The Hall–Kier alpha value is -1.57. The summed E-state index contributed by atoms with van der Waals surface area (Å²) in [4.78, 5) is 11.5. The van der Waals surface area contributed by atoms with E-state index in [9.17, 15) is 4.79 Å². The van der Waals surface area contributed by atoms with Crippen LogP contribution in [0.3, 0.4) is 0 Å². The van der Waals surface area contributed by atoms with Gasteiger partial charge in [0, 0.05) is 6.08 Å². The molecule has 0 atom stereocenters. The molecule has 0 aromatic heterocycles. The van der Waals surface area contributed by atoms with Crippen LogP contribution in [0.2, 0.25) is 0 Å². The zero-order valence-corrected chi connectivity index (χ0v) is 10.8. The Morgan fingerprint density at radius 3 is 2.53 bits per heavy atom. The van der Waals surface area contributed by atoms with Gasteiger partial charge in [0.2, 0.25) is 0 Å². The molecule has 0 N–H and O–H groups in total. The van der Waals surface area contributed by atoms with Crippen LogP contribution >= 0.6 is 0 Å². The van der Waals surface area contributed by atoms with Gasteiger partial charge >= 0.3 is 5.97 Å². The fraction of sp³-hybridized carbons (Fsp3) is 0.400. The number of hydrogen-bond acceptors (Lipinski definition) is 2. The topological polar surface area (TPSA) is 26.3 Å². The fourth-order valence-corrected chi connectivity index (χ4v) is 1.67. The molecule has 0 saturated carbocycles. The summed E-state index contributed by atoms with van der Waals surface area (Å²) in [5, 5.41) is 0. The molecule has 0 unspecified atom stereocenters. The van der Waals surface area contributed by atoms with Crippen LogP contribution < -0.4 is 0 Å². The van der Waals surface area contributed by atoms with Gasteiger partial charge in [0.25, 0.3) is 0 Å². The van der Waals surface area contributed by atoms with E-state index < -0.39 is 0 Å². The standard InChI is InChI=1S/C15H20O2/c1-12(2)9-13(3)10-15(16)17-11-14-7-5-4-6-8-14/h4-8,10,12H,9,11H2,1-3H3. The van der Waals surface area contributed by atoms with Crippen LogP contribution in [-0.2, 0) is 16.1 Å². The average molecular weight is 232 g/mol. The smallest absolute Gasteiger partial charge is 0.331 e. The number of allylic oxidation sites excluding steroid dienone is 1. The van der Waals surface area contributed by atoms with Gasteiger partial charge < -0.3 is 4.74 Å². The third kappa shape index (κ3) is 5.91. The molecule has 0 radical (unpaired) electrons. The minimum Gasteiger partial charge on any atom is -0.458 e. The molecular weight excluding hydrogens is 212 g/mol. The zero-order valence-electron chi connectivity index (χ0n) is 10.8. The molecule has 0 fully saturated rings. The van der Waals surface area contributed by atoms with Gasteiger partial charge in [0.05, 0.1) is 0 Å². The Kier molecular flexibility index (Phi) is 5.47. The Bertz CT molecular complexity index is 377. The first kappa shape index (κ1) is 13.5. The summed E-state index contributed by atoms with van der Waals surface area (Å²) < 4.78 is 5.16. The molecule has 0 heterocycles. The molecular formula is C15H20O2. The second-order valence-corrected chi connectivity index (χ2v) is 4.68. The predicted octanol–water partition coefficient (Wildman–Crippen LogP) is 3.72. The lowest BCUT2D eigenvalue weighted by Crippen LogP contribution is -2.02. The van der Waals surface area contributed by atoms with Crippen LogP contribution in [0, 0.1) is 5.92 Å². The molecule has 1 rings (SSSR count). The highest BCUT2D eigenvalue weighted by Gasteiger charge is 2.02. The largest absolute Gasteiger partial charge is 0.458 e. The first-order valence-corrected chi connectivity index (χ1v) is 5.96. The number of carbonyl (C=O) groups excluding carboxylic acids is 1. The summed E-state index contributed by atoms with van der Waals surface area (Å²) >= 11 is 0. The van der Waals surface area contributed by atoms with E-state index in [1.165, 1.54) is 0 Å². The van der Waals surface area contributed by atoms with Crippen molar-refractivity contribution in [1.29, 1.82) is 0 Å². The lowest BCUT2D eigenvalue weighted by Gasteiger charge is -2.05. The Morgan fingerprint density at radius 1 is 1.29 bits per heavy atom. The van der Waals surface area contributed by atoms with Crippen molar-refractivity contribution in [2.45, 2.75) is 33.8 Å². The molecule has 0 spiro atoms. The van der Waals surface area contributed by atoms with Crippen molar-refractivity contribution < 1.29 is 9.53 Å². The van der Waals surface area contributed by atoms with Gasteiger partial charge in [0.15, 0.2) is 0 Å². The Morgan fingerprint density at radius 2 is 1.94 bits per heavy atom. The maximum absolute atomic E-state index is 11.5. The normalized spacial score (nSPS) is 11.6. The fourth-order valence-electron chi connectivity index (χ4n) is 1.67. The highest BCUT2D eigenvalue weighted by molar-refractivity contribution is 5.82. The van der Waals surface area contributed by atoms with Gasteiger partial charge in [-0.15, -0.1) is 0 Å². The third-order valence-corrected chi connectivity index (χ3v) is 2.32. The van der Waals surface area contributed by atoms with Crippen LogP contribution in [0.4, 0.5) is 0 Å². The van der Waals surface area contributed by atoms with Crippen molar-refractivity contribution in [2.75, 3.05) is 0 Å². The van der Waals surface area contributed by atoms with E-state index >= 15 is 0 Å². The quantitative estimate of drug-likeness (QED) is 0.571. The molecule has 0 saturated heterocycles. The zero-order chi connectivity index (χ0) is 12.7. The average Bonchev–Trinajstić information content (AvgIpc) is 2.26. The van der Waals surface area contributed by atoms with E-state index in [1.807, 2.05) is 37.3 Å². The molecule has 0 bridgehead atoms. The number of rotatable bonds is 5. The SMILES string of the molecule is CC(=CC(=O)OCc1ccccc1)CC(C)C. The Labute approximate surface area is 103 Å². The minimum absolute atomic E-state index is 0.257. The van der Waals surface area contributed by atoms with Gasteiger partial charge in [-0.25, -0.2) is 4.79 Å². The van der Waals surface area contributed by atoms with Crippen LogP contribution in [-0.4, -0.2) is 5.97 Å². The predicted molar refractivity (Wildman–Crippen MR) is 69.5 cm³/mol. The summed E-state index contributed by atoms with van der Waals surface area (Å²) in [5.41, 5.74) is 2.08. The van der Waals surface area contributed by atoms with Crippen LogP contribution in [0.5, 0.6) is 0 Å². The van der Waals surface area contributed by atoms with Crippen LogP contribution in [0.25, 0.3) is 0 Å². The van der Waals surface area contributed by atoms with Crippen molar-refractivity contribution >= 4 is 5.97 Å². The van der Waals surface area contributed by atoms with Gasteiger partial charge in [0.1, 0.15) is 6.61 Å². The lowest BCUT2D eigenvalue weighted by atomic mass is 10.0. The maximum atomic E-state index is 11.5. The molecule has 92 valence electrons. The van der Waals surface area contributed by atoms with E-state index in [-0.39, 0.29) is 5.97 Å². The van der Waals surface area contributed by atoms with Crippen molar-refractivity contribution in [2.24, 2.45) is 5.92 Å². The number of esters is 1. The molecule has 0 aliphatic rings. The van der Waals surface area contributed by atoms with E-state index in [4.69, 9.17) is 4.74 Å². The van der Waals surface area contributed by atoms with E-state index in [0.29, 0.717) is 12.5 Å². The van der Waals surface area contributed by atoms with Crippen molar-refractivity contribution in [3.63, 3.8) is 0 Å². The minimum atomic E-state index is -0.257. The molecule has 0 aliphatic heterocycles. The summed E-state index contributed by atoms with van der Waals surface area (Å²) in [6.45, 7) is 6.56. The summed E-state index contributed by atoms with van der Waals surface area (Å²) in [6, 6.07) is 9.69. The summed E-state index contributed by atoms with van der Waals surface area (Å²) in [5.74, 6) is 0.306. The first-order chi connectivity index (χ1) is 8.08. The molecule has 0 aliphatic carbocycles. The van der Waals surface area contributed by atoms with E-state index in [1.54, 1.807) is 6.08 Å². The number of ether oxygens (including phenoxy) is 1. The number of hydrogen-bond donors (Lipinski definition) is 0. The second kappa shape index (κ2) is 6.89. The van der Waals surface area contributed by atoms with Gasteiger partial charge in [-0.2, -0.15) is 0 Å². The van der Waals surface area contributed by atoms with Gasteiger partial charge in [-0.1, -0.05) is 49.8 Å². The maximum Gasteiger partial charge on any atom is 0.331 e. The van der Waals surface area contributed by atoms with E-state index in [2.05, 4.69) is 13.8 Å². The van der Waals surface area contributed by atoms with Crippen LogP contribution in [0.15, 0.2) is 42.0 Å². The molecule has 1 aromatic carbocycles. The third-order valence-electron chi connectivity index (χ3n) is 2.32. The van der Waals surface area contributed by atoms with Crippen molar-refractivity contribution in [1.82, 2.24) is 0 Å². The van der Waals surface area contributed by atoms with E-state index in [0.717, 1.165) is 17.6 Å². The molecule has 17 heavy (non-hydrogen) atoms. The number of benzene rings is 1. The van der Waals surface area contributed by atoms with Gasteiger partial charge in [-0.05, 0) is 24.8 Å². The lowest BCUT2D eigenvalue weighted by molar-refractivity contribution is -0.139. The molecule has 2 heteroatoms. The first-order valence-electron chi connectivity index (χ1n) is 5.96. The molecule has 0 amide bonds. The van der Waals surface area contributed by atoms with Crippen LogP contribution in [0.1, 0.15) is 32.8 Å². The molecule has 1 aromatic rings. The monoisotopic (exact) mass is 232 g/mol. The summed E-state index contributed by atoms with van der Waals surface area (Å²) in [7, 11) is 0. The molecule has 2 nitrogen and oxygen atoms in total. The highest BCUT2D eigenvalue weighted by atomic mass is 16.5. The number of carbonyl (C=O) groups is 1. The highest BCUT2D eigenvalue weighted by Crippen LogP contribution is 2.10. The van der Waals surface area contributed by atoms with Crippen molar-refractivity contribution in [3.05, 3.63) is 47.5 Å². The van der Waals surface area contributed by atoms with Gasteiger partial charge in [-0.3, -0.25) is 0 Å².